The van der Waals surface area contributed by atoms with Crippen molar-refractivity contribution in [1.82, 2.24) is 4.90 Å². The van der Waals surface area contributed by atoms with Gasteiger partial charge in [0.2, 0.25) is 5.91 Å². The van der Waals surface area contributed by atoms with E-state index in [1.807, 2.05) is 26.0 Å². The second kappa shape index (κ2) is 8.09. The van der Waals surface area contributed by atoms with Crippen molar-refractivity contribution in [3.05, 3.63) is 63.9 Å². The van der Waals surface area contributed by atoms with Crippen LogP contribution in [0.25, 0.3) is 0 Å². The third-order valence-electron chi connectivity index (χ3n) is 4.92. The van der Waals surface area contributed by atoms with Crippen LogP contribution in [0.15, 0.2) is 36.4 Å². The highest BCUT2D eigenvalue weighted by atomic mass is 35.5. The monoisotopic (exact) mass is 388 g/mol. The minimum Gasteiger partial charge on any atom is -0.339 e. The van der Waals surface area contributed by atoms with Crippen LogP contribution in [0.3, 0.4) is 0 Å². The fourth-order valence-electron chi connectivity index (χ4n) is 3.42. The molecule has 0 spiro atoms. The number of piperidine rings is 1. The molecule has 0 unspecified atom stereocenters. The highest BCUT2D eigenvalue weighted by Gasteiger charge is 2.28. The predicted molar refractivity (Wildman–Crippen MR) is 105 cm³/mol. The summed E-state index contributed by atoms with van der Waals surface area (Å²) in [5, 5.41) is 3.47. The minimum absolute atomic E-state index is 0.0715. The molecule has 0 saturated carbocycles. The number of carbonyl (C=O) groups is 2. The van der Waals surface area contributed by atoms with Gasteiger partial charge in [0.1, 0.15) is 5.82 Å². The maximum Gasteiger partial charge on any atom is 0.253 e. The van der Waals surface area contributed by atoms with Crippen LogP contribution in [-0.2, 0) is 4.79 Å². The van der Waals surface area contributed by atoms with Crippen molar-refractivity contribution < 1.29 is 14.0 Å². The third kappa shape index (κ3) is 4.48. The fourth-order valence-corrected chi connectivity index (χ4v) is 3.79. The van der Waals surface area contributed by atoms with Crippen LogP contribution in [0.2, 0.25) is 5.02 Å². The van der Waals surface area contributed by atoms with Gasteiger partial charge < -0.3 is 10.2 Å². The average molecular weight is 389 g/mol. The highest BCUT2D eigenvalue weighted by Crippen LogP contribution is 2.29. The van der Waals surface area contributed by atoms with Crippen molar-refractivity contribution in [2.75, 3.05) is 18.4 Å². The van der Waals surface area contributed by atoms with Gasteiger partial charge in [-0.1, -0.05) is 17.7 Å². The summed E-state index contributed by atoms with van der Waals surface area (Å²) < 4.78 is 13.0. The summed E-state index contributed by atoms with van der Waals surface area (Å²) >= 11 is 6.27. The van der Waals surface area contributed by atoms with Crippen LogP contribution in [-0.4, -0.2) is 29.8 Å². The van der Waals surface area contributed by atoms with Crippen molar-refractivity contribution in [3.8, 4) is 0 Å². The first kappa shape index (κ1) is 19.4. The van der Waals surface area contributed by atoms with E-state index in [1.165, 1.54) is 24.3 Å². The molecule has 142 valence electrons. The standard InChI is InChI=1S/C21H22ClFN2O2/c1-13-11-14(2)19(18(22)12-13)24-20(26)15-7-9-25(10-8-15)21(27)16-3-5-17(23)6-4-16/h3-6,11-12,15H,7-10H2,1-2H3,(H,24,26). The van der Waals surface area contributed by atoms with Crippen molar-refractivity contribution in [1.29, 1.82) is 0 Å². The van der Waals surface area contributed by atoms with Crippen molar-refractivity contribution in [3.63, 3.8) is 0 Å². The van der Waals surface area contributed by atoms with E-state index in [0.717, 1.165) is 11.1 Å². The van der Waals surface area contributed by atoms with Crippen molar-refractivity contribution >= 4 is 29.1 Å². The number of carbonyl (C=O) groups excluding carboxylic acids is 2. The number of nitrogens with zero attached hydrogens (tertiary/aromatic N) is 1. The molecule has 1 saturated heterocycles. The number of benzene rings is 2. The fraction of sp³-hybridized carbons (Fsp3) is 0.333. The predicted octanol–water partition coefficient (Wildman–Crippen LogP) is 4.59. The van der Waals surface area contributed by atoms with Gasteiger partial charge in [0.15, 0.2) is 0 Å². The van der Waals surface area contributed by atoms with Gasteiger partial charge >= 0.3 is 0 Å². The minimum atomic E-state index is -0.369. The number of hydrogen-bond donors (Lipinski definition) is 1. The Morgan fingerprint density at radius 3 is 2.33 bits per heavy atom. The Labute approximate surface area is 163 Å². The second-order valence-corrected chi connectivity index (χ2v) is 7.41. The summed E-state index contributed by atoms with van der Waals surface area (Å²) in [7, 11) is 0. The number of aryl methyl sites for hydroxylation is 2. The number of anilines is 1. The summed E-state index contributed by atoms with van der Waals surface area (Å²) in [6, 6.07) is 9.33. The number of likely N-dealkylation sites (tertiary alicyclic amines) is 1. The first-order valence-corrected chi connectivity index (χ1v) is 9.35. The van der Waals surface area contributed by atoms with Gasteiger partial charge in [0.05, 0.1) is 10.7 Å². The van der Waals surface area contributed by atoms with E-state index in [1.54, 1.807) is 4.90 Å². The summed E-state index contributed by atoms with van der Waals surface area (Å²) in [5.74, 6) is -0.741. The molecule has 0 atom stereocenters. The molecule has 2 aromatic carbocycles. The Balaban J connectivity index is 1.59. The van der Waals surface area contributed by atoms with Crippen LogP contribution in [0.1, 0.15) is 34.3 Å². The largest absolute Gasteiger partial charge is 0.339 e. The normalized spacial score (nSPS) is 14.9. The van der Waals surface area contributed by atoms with Crippen LogP contribution in [0.4, 0.5) is 10.1 Å². The molecule has 4 nitrogen and oxygen atoms in total. The molecule has 3 rings (SSSR count). The summed E-state index contributed by atoms with van der Waals surface area (Å²) in [4.78, 5) is 26.8. The van der Waals surface area contributed by atoms with Crippen LogP contribution in [0, 0.1) is 25.6 Å². The lowest BCUT2D eigenvalue weighted by Crippen LogP contribution is -2.41. The maximum atomic E-state index is 13.0. The van der Waals surface area contributed by atoms with Crippen LogP contribution in [0.5, 0.6) is 0 Å². The molecule has 0 radical (unpaired) electrons. The quantitative estimate of drug-likeness (QED) is 0.836. The van der Waals surface area contributed by atoms with E-state index in [4.69, 9.17) is 11.6 Å². The summed E-state index contributed by atoms with van der Waals surface area (Å²) in [5.41, 5.74) is 3.08. The summed E-state index contributed by atoms with van der Waals surface area (Å²) in [6.45, 7) is 4.86. The molecular weight excluding hydrogens is 367 g/mol. The Morgan fingerprint density at radius 1 is 1.11 bits per heavy atom. The van der Waals surface area contributed by atoms with Gasteiger partial charge in [-0.3, -0.25) is 9.59 Å². The highest BCUT2D eigenvalue weighted by molar-refractivity contribution is 6.34. The smallest absolute Gasteiger partial charge is 0.253 e. The Kier molecular flexibility index (Phi) is 5.80. The second-order valence-electron chi connectivity index (χ2n) is 7.00. The van der Waals surface area contributed by atoms with E-state index in [9.17, 15) is 14.0 Å². The van der Waals surface area contributed by atoms with Crippen molar-refractivity contribution in [2.45, 2.75) is 26.7 Å². The Bertz CT molecular complexity index is 836. The molecule has 1 aliphatic heterocycles. The molecule has 2 aromatic rings. The topological polar surface area (TPSA) is 49.4 Å². The van der Waals surface area contributed by atoms with Crippen LogP contribution >= 0.6 is 11.6 Å². The average Bonchev–Trinajstić information content (AvgIpc) is 2.64. The molecule has 0 aliphatic carbocycles. The maximum absolute atomic E-state index is 13.0. The van der Waals surface area contributed by atoms with Gasteiger partial charge in [0, 0.05) is 24.6 Å². The lowest BCUT2D eigenvalue weighted by molar-refractivity contribution is -0.121. The number of rotatable bonds is 3. The van der Waals surface area contributed by atoms with Gasteiger partial charge in [-0.25, -0.2) is 4.39 Å². The van der Waals surface area contributed by atoms with E-state index >= 15 is 0 Å². The molecule has 0 aromatic heterocycles. The lowest BCUT2D eigenvalue weighted by atomic mass is 9.95. The van der Waals surface area contributed by atoms with E-state index in [-0.39, 0.29) is 23.5 Å². The zero-order valence-corrected chi connectivity index (χ0v) is 16.1. The van der Waals surface area contributed by atoms with Crippen LogP contribution < -0.4 is 5.32 Å². The zero-order valence-electron chi connectivity index (χ0n) is 15.4. The molecule has 1 heterocycles. The lowest BCUT2D eigenvalue weighted by Gasteiger charge is -2.31. The molecule has 2 amide bonds. The Morgan fingerprint density at radius 2 is 1.74 bits per heavy atom. The van der Waals surface area contributed by atoms with E-state index in [0.29, 0.717) is 42.2 Å². The molecule has 6 heteroatoms. The number of nitrogens with one attached hydrogen (secondary N) is 1. The van der Waals surface area contributed by atoms with Gasteiger partial charge in [-0.2, -0.15) is 0 Å². The van der Waals surface area contributed by atoms with Gasteiger partial charge in [0.25, 0.3) is 5.91 Å². The van der Waals surface area contributed by atoms with Gasteiger partial charge in [-0.15, -0.1) is 0 Å². The summed E-state index contributed by atoms with van der Waals surface area (Å²) in [6.07, 6.45) is 1.17. The van der Waals surface area contributed by atoms with Crippen molar-refractivity contribution in [2.24, 2.45) is 5.92 Å². The Hall–Kier alpha value is -2.40. The molecular formula is C21H22ClFN2O2. The van der Waals surface area contributed by atoms with E-state index in [2.05, 4.69) is 5.32 Å². The third-order valence-corrected chi connectivity index (χ3v) is 5.22. The molecule has 27 heavy (non-hydrogen) atoms. The van der Waals surface area contributed by atoms with Gasteiger partial charge in [-0.05, 0) is 68.1 Å². The zero-order chi connectivity index (χ0) is 19.6. The first-order chi connectivity index (χ1) is 12.8. The molecule has 1 fully saturated rings. The number of hydrogen-bond acceptors (Lipinski definition) is 2. The molecule has 1 N–H and O–H groups in total. The number of amides is 2. The SMILES string of the molecule is Cc1cc(C)c(NC(=O)C2CCN(C(=O)c3ccc(F)cc3)CC2)c(Cl)c1. The first-order valence-electron chi connectivity index (χ1n) is 8.97. The number of halogens is 2. The molecule has 0 bridgehead atoms. The van der Waals surface area contributed by atoms with E-state index < -0.39 is 0 Å². The molecule has 1 aliphatic rings.